The van der Waals surface area contributed by atoms with Crippen molar-refractivity contribution >= 4 is 11.6 Å². The second-order valence-corrected chi connectivity index (χ2v) is 7.82. The van der Waals surface area contributed by atoms with Gasteiger partial charge in [-0.25, -0.2) is 0 Å². The number of likely N-dealkylation sites (tertiary alicyclic amines) is 1. The van der Waals surface area contributed by atoms with E-state index in [0.29, 0.717) is 48.5 Å². The summed E-state index contributed by atoms with van der Waals surface area (Å²) >= 11 is 0. The molecule has 2 aliphatic heterocycles. The molecule has 2 aliphatic rings. The fourth-order valence-electron chi connectivity index (χ4n) is 4.16. The number of carbonyl (C=O) groups excluding carboxylic acids is 1. The normalized spacial score (nSPS) is 21.3. The van der Waals surface area contributed by atoms with Gasteiger partial charge in [0.15, 0.2) is 0 Å². The summed E-state index contributed by atoms with van der Waals surface area (Å²) in [6.07, 6.45) is -2.69. The first-order valence-electron chi connectivity index (χ1n) is 9.58. The van der Waals surface area contributed by atoms with Gasteiger partial charge >= 0.3 is 6.18 Å². The monoisotopic (exact) mass is 412 g/mol. The molecule has 154 valence electrons. The zero-order chi connectivity index (χ0) is 21.7. The number of carbonyl (C=O) groups is 1. The Morgan fingerprint density at radius 1 is 1.20 bits per heavy atom. The SMILES string of the molecule is Cc1cc(-c2cc(C(F)(F)F)ccc2C#N)cc(C2=NC3(CC2)CCN(C)C3=O)n1. The van der Waals surface area contributed by atoms with E-state index in [9.17, 15) is 23.2 Å². The number of alkyl halides is 3. The summed E-state index contributed by atoms with van der Waals surface area (Å²) in [5.41, 5.74) is 1.06. The second kappa shape index (κ2) is 6.94. The van der Waals surface area contributed by atoms with Crippen LogP contribution in [0.25, 0.3) is 11.1 Å². The third-order valence-electron chi connectivity index (χ3n) is 5.76. The summed E-state index contributed by atoms with van der Waals surface area (Å²) in [5, 5.41) is 9.40. The molecule has 0 N–H and O–H groups in total. The number of nitriles is 1. The number of aryl methyl sites for hydroxylation is 1. The summed E-state index contributed by atoms with van der Waals surface area (Å²) < 4.78 is 39.6. The summed E-state index contributed by atoms with van der Waals surface area (Å²) in [5.74, 6) is -0.00461. The predicted octanol–water partition coefficient (Wildman–Crippen LogP) is 4.13. The molecular weight excluding hydrogens is 393 g/mol. The lowest BCUT2D eigenvalue weighted by atomic mass is 9.94. The van der Waals surface area contributed by atoms with E-state index >= 15 is 0 Å². The molecule has 1 spiro atoms. The fourth-order valence-corrected chi connectivity index (χ4v) is 4.16. The molecule has 30 heavy (non-hydrogen) atoms. The van der Waals surface area contributed by atoms with Crippen LogP contribution in [0.4, 0.5) is 13.2 Å². The molecule has 4 rings (SSSR count). The van der Waals surface area contributed by atoms with Crippen molar-refractivity contribution in [3.63, 3.8) is 0 Å². The molecule has 2 aromatic rings. The molecule has 3 heterocycles. The lowest BCUT2D eigenvalue weighted by Gasteiger charge is -2.17. The molecule has 1 unspecified atom stereocenters. The van der Waals surface area contributed by atoms with Gasteiger partial charge in [0.1, 0.15) is 5.54 Å². The number of halogens is 3. The van der Waals surface area contributed by atoms with Crippen molar-refractivity contribution < 1.29 is 18.0 Å². The second-order valence-electron chi connectivity index (χ2n) is 7.82. The Balaban J connectivity index is 1.79. The van der Waals surface area contributed by atoms with Gasteiger partial charge in [-0.15, -0.1) is 0 Å². The molecule has 1 amide bonds. The average Bonchev–Trinajstić information content (AvgIpc) is 3.26. The third-order valence-corrected chi connectivity index (χ3v) is 5.76. The fraction of sp³-hybridized carbons (Fsp3) is 0.364. The number of rotatable bonds is 2. The number of hydrogen-bond acceptors (Lipinski definition) is 4. The molecule has 0 aliphatic carbocycles. The van der Waals surface area contributed by atoms with Crippen LogP contribution in [0.15, 0.2) is 35.3 Å². The Morgan fingerprint density at radius 2 is 1.97 bits per heavy atom. The van der Waals surface area contributed by atoms with Crippen molar-refractivity contribution in [3.8, 4) is 17.2 Å². The van der Waals surface area contributed by atoms with Gasteiger partial charge in [-0.3, -0.25) is 14.8 Å². The lowest BCUT2D eigenvalue weighted by Crippen LogP contribution is -2.35. The number of nitrogens with zero attached hydrogens (tertiary/aromatic N) is 4. The zero-order valence-electron chi connectivity index (χ0n) is 16.5. The third kappa shape index (κ3) is 3.34. The van der Waals surface area contributed by atoms with Crippen LogP contribution >= 0.6 is 0 Å². The summed E-state index contributed by atoms with van der Waals surface area (Å²) in [6.45, 7) is 2.39. The molecule has 1 atom stereocenters. The number of aromatic nitrogens is 1. The maximum atomic E-state index is 13.2. The standard InChI is InChI=1S/C22H19F3N4O/c1-13-9-15(17-11-16(22(23,24)25)4-3-14(17)12-26)10-19(27-13)18-5-6-21(28-18)7-8-29(2)20(21)30/h3-4,9-11H,5-8H2,1-2H3. The Hall–Kier alpha value is -3.21. The molecule has 1 fully saturated rings. The number of pyridine rings is 1. The molecule has 0 saturated carbocycles. The van der Waals surface area contributed by atoms with Gasteiger partial charge in [0, 0.05) is 24.8 Å². The van der Waals surface area contributed by atoms with E-state index in [4.69, 9.17) is 4.99 Å². The summed E-state index contributed by atoms with van der Waals surface area (Å²) in [7, 11) is 1.75. The minimum absolute atomic E-state index is 0.00461. The van der Waals surface area contributed by atoms with E-state index in [-0.39, 0.29) is 17.0 Å². The highest BCUT2D eigenvalue weighted by molar-refractivity contribution is 6.05. The first-order valence-corrected chi connectivity index (χ1v) is 9.58. The number of aliphatic imine (C=N–C) groups is 1. The lowest BCUT2D eigenvalue weighted by molar-refractivity contribution is -0.137. The molecule has 1 aromatic heterocycles. The average molecular weight is 412 g/mol. The van der Waals surface area contributed by atoms with Crippen molar-refractivity contribution in [1.82, 2.24) is 9.88 Å². The summed E-state index contributed by atoms with van der Waals surface area (Å²) in [6, 6.07) is 8.35. The maximum absolute atomic E-state index is 13.2. The topological polar surface area (TPSA) is 69.3 Å². The zero-order valence-corrected chi connectivity index (χ0v) is 16.5. The highest BCUT2D eigenvalue weighted by Gasteiger charge is 2.48. The van der Waals surface area contributed by atoms with Gasteiger partial charge in [-0.05, 0) is 62.1 Å². The first-order chi connectivity index (χ1) is 14.1. The van der Waals surface area contributed by atoms with Gasteiger partial charge in [-0.1, -0.05) is 0 Å². The van der Waals surface area contributed by atoms with E-state index in [2.05, 4.69) is 4.98 Å². The maximum Gasteiger partial charge on any atom is 0.416 e. The Morgan fingerprint density at radius 3 is 2.60 bits per heavy atom. The largest absolute Gasteiger partial charge is 0.416 e. The van der Waals surface area contributed by atoms with Crippen LogP contribution in [0.5, 0.6) is 0 Å². The molecular formula is C22H19F3N4O. The van der Waals surface area contributed by atoms with Crippen molar-refractivity contribution in [2.24, 2.45) is 4.99 Å². The van der Waals surface area contributed by atoms with E-state index < -0.39 is 17.3 Å². The van der Waals surface area contributed by atoms with E-state index in [1.54, 1.807) is 31.0 Å². The smallest absolute Gasteiger partial charge is 0.344 e. The van der Waals surface area contributed by atoms with Crippen LogP contribution in [-0.4, -0.2) is 40.6 Å². The molecule has 8 heteroatoms. The van der Waals surface area contributed by atoms with Crippen molar-refractivity contribution in [2.45, 2.75) is 37.9 Å². The number of hydrogen-bond donors (Lipinski definition) is 0. The van der Waals surface area contributed by atoms with Crippen molar-refractivity contribution in [1.29, 1.82) is 5.26 Å². The quantitative estimate of drug-likeness (QED) is 0.745. The predicted molar refractivity (Wildman–Crippen MR) is 105 cm³/mol. The van der Waals surface area contributed by atoms with Gasteiger partial charge in [0.2, 0.25) is 5.91 Å². The van der Waals surface area contributed by atoms with Gasteiger partial charge < -0.3 is 4.90 Å². The van der Waals surface area contributed by atoms with E-state index in [1.165, 1.54) is 6.07 Å². The van der Waals surface area contributed by atoms with Crippen LogP contribution < -0.4 is 0 Å². The first kappa shape index (κ1) is 20.1. The van der Waals surface area contributed by atoms with Gasteiger partial charge in [0.05, 0.1) is 28.6 Å². The van der Waals surface area contributed by atoms with Crippen LogP contribution in [0.1, 0.15) is 41.8 Å². The molecule has 0 radical (unpaired) electrons. The van der Waals surface area contributed by atoms with Gasteiger partial charge in [-0.2, -0.15) is 18.4 Å². The van der Waals surface area contributed by atoms with E-state index in [0.717, 1.165) is 12.1 Å². The number of benzene rings is 1. The minimum atomic E-state index is -4.51. The Bertz CT molecular complexity index is 1120. The molecule has 5 nitrogen and oxygen atoms in total. The number of likely N-dealkylation sites (N-methyl/N-ethyl adjacent to an activating group) is 1. The van der Waals surface area contributed by atoms with Crippen LogP contribution in [0.3, 0.4) is 0 Å². The highest BCUT2D eigenvalue weighted by Crippen LogP contribution is 2.38. The minimum Gasteiger partial charge on any atom is -0.344 e. The Kier molecular flexibility index (Phi) is 4.64. The number of amides is 1. The highest BCUT2D eigenvalue weighted by atomic mass is 19.4. The van der Waals surface area contributed by atoms with Crippen molar-refractivity contribution in [2.75, 3.05) is 13.6 Å². The van der Waals surface area contributed by atoms with Crippen LogP contribution in [-0.2, 0) is 11.0 Å². The van der Waals surface area contributed by atoms with Crippen LogP contribution in [0.2, 0.25) is 0 Å². The Labute approximate surface area is 171 Å². The summed E-state index contributed by atoms with van der Waals surface area (Å²) in [4.78, 5) is 23.4. The molecule has 1 saturated heterocycles. The van der Waals surface area contributed by atoms with Crippen molar-refractivity contribution in [3.05, 3.63) is 52.8 Å². The van der Waals surface area contributed by atoms with Gasteiger partial charge in [0.25, 0.3) is 0 Å². The molecule has 0 bridgehead atoms. The molecule has 1 aromatic carbocycles. The van der Waals surface area contributed by atoms with E-state index in [1.807, 2.05) is 6.07 Å². The van der Waals surface area contributed by atoms with Crippen LogP contribution in [0, 0.1) is 18.3 Å².